The van der Waals surface area contributed by atoms with Crippen molar-refractivity contribution in [2.75, 3.05) is 0 Å². The van der Waals surface area contributed by atoms with Gasteiger partial charge in [-0.15, -0.1) is 16.4 Å². The zero-order chi connectivity index (χ0) is 21.0. The van der Waals surface area contributed by atoms with Crippen LogP contribution in [-0.2, 0) is 6.61 Å². The molecule has 0 fully saturated rings. The molecule has 152 valence electrons. The summed E-state index contributed by atoms with van der Waals surface area (Å²) in [5, 5.41) is 6.34. The standard InChI is InChI=1S/C24H17N3O2S2/c28-23-21(31-24-25-22(26-27(23)24)13-12-20-7-4-14-30-20)15-17-8-10-19(11-9-17)29-16-18-5-2-1-3-6-18/h1-15H,16H2/b13-12+,21-15-. The van der Waals surface area contributed by atoms with Crippen LogP contribution in [0.2, 0.25) is 0 Å². The van der Waals surface area contributed by atoms with Crippen LogP contribution in [0.3, 0.4) is 0 Å². The van der Waals surface area contributed by atoms with Crippen molar-refractivity contribution in [3.05, 3.63) is 109 Å². The smallest absolute Gasteiger partial charge is 0.291 e. The van der Waals surface area contributed by atoms with Crippen molar-refractivity contribution < 1.29 is 4.74 Å². The van der Waals surface area contributed by atoms with E-state index < -0.39 is 0 Å². The van der Waals surface area contributed by atoms with Crippen LogP contribution in [0.15, 0.2) is 76.9 Å². The van der Waals surface area contributed by atoms with Gasteiger partial charge >= 0.3 is 0 Å². The zero-order valence-electron chi connectivity index (χ0n) is 16.3. The van der Waals surface area contributed by atoms with E-state index in [4.69, 9.17) is 4.74 Å². The number of nitrogens with zero attached hydrogens (tertiary/aromatic N) is 3. The molecular weight excluding hydrogens is 426 g/mol. The fourth-order valence-corrected chi connectivity index (χ4v) is 4.55. The number of hydrogen-bond acceptors (Lipinski definition) is 6. The molecule has 3 heterocycles. The second kappa shape index (κ2) is 8.67. The predicted octanol–water partition coefficient (Wildman–Crippen LogP) is 4.51. The van der Waals surface area contributed by atoms with E-state index in [1.54, 1.807) is 11.3 Å². The first-order valence-corrected chi connectivity index (χ1v) is 11.3. The van der Waals surface area contributed by atoms with Crippen LogP contribution < -0.4 is 14.8 Å². The minimum atomic E-state index is -0.160. The molecule has 5 aromatic rings. The predicted molar refractivity (Wildman–Crippen MR) is 126 cm³/mol. The third kappa shape index (κ3) is 4.47. The highest BCUT2D eigenvalue weighted by Gasteiger charge is 2.09. The van der Waals surface area contributed by atoms with Gasteiger partial charge in [-0.2, -0.15) is 9.50 Å². The highest BCUT2D eigenvalue weighted by molar-refractivity contribution is 7.15. The Balaban J connectivity index is 1.33. The van der Waals surface area contributed by atoms with Crippen LogP contribution >= 0.6 is 22.7 Å². The molecule has 3 aromatic heterocycles. The fourth-order valence-electron chi connectivity index (χ4n) is 3.01. The van der Waals surface area contributed by atoms with Gasteiger partial charge in [-0.25, -0.2) is 0 Å². The summed E-state index contributed by atoms with van der Waals surface area (Å²) in [6, 6.07) is 21.7. The molecule has 0 saturated carbocycles. The second-order valence-corrected chi connectivity index (χ2v) is 8.76. The summed E-state index contributed by atoms with van der Waals surface area (Å²) < 4.78 is 7.78. The summed E-state index contributed by atoms with van der Waals surface area (Å²) in [6.45, 7) is 0.520. The third-order valence-electron chi connectivity index (χ3n) is 4.56. The van der Waals surface area contributed by atoms with Crippen molar-refractivity contribution in [1.82, 2.24) is 14.6 Å². The number of thiophene rings is 1. The number of hydrogen-bond donors (Lipinski definition) is 0. The van der Waals surface area contributed by atoms with Crippen molar-refractivity contribution in [3.8, 4) is 5.75 Å². The molecule has 0 saturated heterocycles. The molecule has 0 spiro atoms. The van der Waals surface area contributed by atoms with Gasteiger partial charge in [0, 0.05) is 4.88 Å². The van der Waals surface area contributed by atoms with Crippen LogP contribution in [-0.4, -0.2) is 14.6 Å². The van der Waals surface area contributed by atoms with E-state index in [0.717, 1.165) is 21.8 Å². The highest BCUT2D eigenvalue weighted by Crippen LogP contribution is 2.15. The van der Waals surface area contributed by atoms with Crippen molar-refractivity contribution >= 4 is 45.9 Å². The van der Waals surface area contributed by atoms with Gasteiger partial charge < -0.3 is 4.74 Å². The monoisotopic (exact) mass is 443 g/mol. The van der Waals surface area contributed by atoms with E-state index >= 15 is 0 Å². The van der Waals surface area contributed by atoms with Crippen molar-refractivity contribution in [3.63, 3.8) is 0 Å². The molecule has 0 aliphatic rings. The number of thiazole rings is 1. The van der Waals surface area contributed by atoms with Crippen molar-refractivity contribution in [2.45, 2.75) is 6.61 Å². The maximum Gasteiger partial charge on any atom is 0.291 e. The highest BCUT2D eigenvalue weighted by atomic mass is 32.1. The Morgan fingerprint density at radius 2 is 1.81 bits per heavy atom. The molecule has 7 heteroatoms. The molecule has 0 unspecified atom stereocenters. The van der Waals surface area contributed by atoms with Gasteiger partial charge in [-0.1, -0.05) is 59.9 Å². The molecule has 31 heavy (non-hydrogen) atoms. The summed E-state index contributed by atoms with van der Waals surface area (Å²) in [5.41, 5.74) is 1.88. The average Bonchev–Trinajstić information content (AvgIpc) is 3.52. The Morgan fingerprint density at radius 3 is 2.55 bits per heavy atom. The first kappa shape index (κ1) is 19.4. The first-order valence-electron chi connectivity index (χ1n) is 9.64. The Labute approximate surface area is 186 Å². The van der Waals surface area contributed by atoms with E-state index in [0.29, 0.717) is 21.9 Å². The average molecular weight is 444 g/mol. The van der Waals surface area contributed by atoms with Crippen molar-refractivity contribution in [1.29, 1.82) is 0 Å². The molecule has 0 N–H and O–H groups in total. The number of rotatable bonds is 6. The quantitative estimate of drug-likeness (QED) is 0.388. The summed E-state index contributed by atoms with van der Waals surface area (Å²) in [5.74, 6) is 1.32. The van der Waals surface area contributed by atoms with Gasteiger partial charge in [-0.05, 0) is 52.9 Å². The Kier molecular flexibility index (Phi) is 5.43. The summed E-state index contributed by atoms with van der Waals surface area (Å²) >= 11 is 2.97. The molecule has 5 rings (SSSR count). The van der Waals surface area contributed by atoms with Crippen molar-refractivity contribution in [2.24, 2.45) is 0 Å². The largest absolute Gasteiger partial charge is 0.489 e. The van der Waals surface area contributed by atoms with E-state index in [1.165, 1.54) is 15.9 Å². The SMILES string of the molecule is O=c1/c(=C/c2ccc(OCc3ccccc3)cc2)sc2nc(/C=C/c3cccs3)nn12. The molecule has 5 nitrogen and oxygen atoms in total. The van der Waals surface area contributed by atoms with Gasteiger partial charge in [-0.3, -0.25) is 4.79 Å². The van der Waals surface area contributed by atoms with Gasteiger partial charge in [0.05, 0.1) is 4.53 Å². The molecular formula is C24H17N3O2S2. The Hall–Kier alpha value is -3.55. The fraction of sp³-hybridized carbons (Fsp3) is 0.0417. The topological polar surface area (TPSA) is 56.5 Å². The van der Waals surface area contributed by atoms with Crippen LogP contribution in [0.4, 0.5) is 0 Å². The lowest BCUT2D eigenvalue weighted by Crippen LogP contribution is -2.23. The van der Waals surface area contributed by atoms with Crippen LogP contribution in [0.5, 0.6) is 5.75 Å². The summed E-state index contributed by atoms with van der Waals surface area (Å²) in [6.07, 6.45) is 5.62. The first-order chi connectivity index (χ1) is 15.2. The zero-order valence-corrected chi connectivity index (χ0v) is 18.0. The number of ether oxygens (including phenoxy) is 1. The Bertz CT molecular complexity index is 1430. The third-order valence-corrected chi connectivity index (χ3v) is 6.36. The lowest BCUT2D eigenvalue weighted by atomic mass is 10.2. The second-order valence-electron chi connectivity index (χ2n) is 6.77. The lowest BCUT2D eigenvalue weighted by Gasteiger charge is -2.06. The summed E-state index contributed by atoms with van der Waals surface area (Å²) in [4.78, 5) is 18.9. The van der Waals surface area contributed by atoms with Gasteiger partial charge in [0.1, 0.15) is 12.4 Å². The number of fused-ring (bicyclic) bond motifs is 1. The minimum absolute atomic E-state index is 0.160. The molecule has 0 aliphatic heterocycles. The van der Waals surface area contributed by atoms with Gasteiger partial charge in [0.25, 0.3) is 5.56 Å². The van der Waals surface area contributed by atoms with Crippen LogP contribution in [0.25, 0.3) is 23.2 Å². The molecule has 0 bridgehead atoms. The molecule has 2 aromatic carbocycles. The Morgan fingerprint density at radius 1 is 0.968 bits per heavy atom. The van der Waals surface area contributed by atoms with E-state index in [-0.39, 0.29) is 5.56 Å². The normalized spacial score (nSPS) is 12.2. The van der Waals surface area contributed by atoms with Gasteiger partial charge in [0.2, 0.25) is 4.96 Å². The number of benzene rings is 2. The maximum atomic E-state index is 12.7. The number of aromatic nitrogens is 3. The minimum Gasteiger partial charge on any atom is -0.489 e. The van der Waals surface area contributed by atoms with Gasteiger partial charge in [0.15, 0.2) is 5.82 Å². The summed E-state index contributed by atoms with van der Waals surface area (Å²) in [7, 11) is 0. The molecule has 0 radical (unpaired) electrons. The molecule has 0 atom stereocenters. The van der Waals surface area contributed by atoms with Crippen LogP contribution in [0, 0.1) is 0 Å². The van der Waals surface area contributed by atoms with E-state index in [9.17, 15) is 4.79 Å². The lowest BCUT2D eigenvalue weighted by molar-refractivity contribution is 0.306. The van der Waals surface area contributed by atoms with Crippen LogP contribution in [0.1, 0.15) is 21.8 Å². The molecule has 0 aliphatic carbocycles. The molecule has 0 amide bonds. The van der Waals surface area contributed by atoms with E-state index in [2.05, 4.69) is 10.1 Å². The maximum absolute atomic E-state index is 12.7. The van der Waals surface area contributed by atoms with E-state index in [1.807, 2.05) is 90.3 Å².